The molecular weight excluding hydrogens is 318 g/mol. The SMILES string of the molecule is O=C(NCC1CC2CCC1C2)c1csc(S(=O)(=O)Cl)c1. The average Bonchev–Trinajstić information content (AvgIpc) is 3.09. The molecule has 0 radical (unpaired) electrons. The van der Waals surface area contributed by atoms with E-state index in [2.05, 4.69) is 5.32 Å². The lowest BCUT2D eigenvalue weighted by atomic mass is 9.89. The van der Waals surface area contributed by atoms with Crippen LogP contribution in [0.1, 0.15) is 36.0 Å². The van der Waals surface area contributed by atoms with Crippen LogP contribution in [0.25, 0.3) is 0 Å². The third kappa shape index (κ3) is 2.87. The van der Waals surface area contributed by atoms with Gasteiger partial charge in [-0.3, -0.25) is 4.79 Å². The summed E-state index contributed by atoms with van der Waals surface area (Å²) < 4.78 is 22.4. The third-order valence-corrected chi connectivity index (χ3v) is 7.53. The Morgan fingerprint density at radius 2 is 2.20 bits per heavy atom. The van der Waals surface area contributed by atoms with E-state index in [4.69, 9.17) is 10.7 Å². The van der Waals surface area contributed by atoms with Gasteiger partial charge in [0.15, 0.2) is 0 Å². The minimum Gasteiger partial charge on any atom is -0.352 e. The molecule has 1 heterocycles. The van der Waals surface area contributed by atoms with Crippen molar-refractivity contribution >= 4 is 37.0 Å². The molecule has 1 N–H and O–H groups in total. The quantitative estimate of drug-likeness (QED) is 0.862. The molecule has 1 amide bonds. The van der Waals surface area contributed by atoms with Crippen molar-refractivity contribution in [3.05, 3.63) is 17.0 Å². The molecule has 0 spiro atoms. The lowest BCUT2D eigenvalue weighted by Gasteiger charge is -2.21. The van der Waals surface area contributed by atoms with Gasteiger partial charge < -0.3 is 5.32 Å². The molecule has 2 saturated carbocycles. The molecule has 2 bridgehead atoms. The smallest absolute Gasteiger partial charge is 0.270 e. The number of rotatable bonds is 4. The van der Waals surface area contributed by atoms with Crippen molar-refractivity contribution in [3.8, 4) is 0 Å². The number of carbonyl (C=O) groups is 1. The highest BCUT2D eigenvalue weighted by molar-refractivity contribution is 8.15. The molecule has 110 valence electrons. The normalized spacial score (nSPS) is 28.8. The molecule has 1 aromatic rings. The fourth-order valence-electron chi connectivity index (χ4n) is 3.52. The van der Waals surface area contributed by atoms with Crippen LogP contribution in [0.3, 0.4) is 0 Å². The molecule has 2 aliphatic carbocycles. The second kappa shape index (κ2) is 5.31. The van der Waals surface area contributed by atoms with Crippen molar-refractivity contribution in [2.75, 3.05) is 6.54 Å². The van der Waals surface area contributed by atoms with Crippen LogP contribution in [0.4, 0.5) is 0 Å². The summed E-state index contributed by atoms with van der Waals surface area (Å²) in [5.41, 5.74) is 0.373. The molecule has 20 heavy (non-hydrogen) atoms. The van der Waals surface area contributed by atoms with Crippen LogP contribution in [0, 0.1) is 17.8 Å². The summed E-state index contributed by atoms with van der Waals surface area (Å²) in [5.74, 6) is 2.00. The molecule has 0 saturated heterocycles. The van der Waals surface area contributed by atoms with Gasteiger partial charge in [-0.1, -0.05) is 6.42 Å². The molecule has 3 rings (SSSR count). The molecule has 4 nitrogen and oxygen atoms in total. The summed E-state index contributed by atoms with van der Waals surface area (Å²) in [7, 11) is 1.51. The Morgan fingerprint density at radius 3 is 2.75 bits per heavy atom. The first-order chi connectivity index (χ1) is 9.43. The second-order valence-electron chi connectivity index (χ2n) is 5.74. The van der Waals surface area contributed by atoms with Gasteiger partial charge in [-0.15, -0.1) is 11.3 Å². The zero-order chi connectivity index (χ0) is 14.3. The van der Waals surface area contributed by atoms with Crippen molar-refractivity contribution in [2.45, 2.75) is 29.9 Å². The number of amides is 1. The van der Waals surface area contributed by atoms with Crippen molar-refractivity contribution in [1.82, 2.24) is 5.32 Å². The van der Waals surface area contributed by atoms with E-state index in [0.717, 1.165) is 23.2 Å². The Bertz CT molecular complexity index is 625. The monoisotopic (exact) mass is 333 g/mol. The van der Waals surface area contributed by atoms with Crippen molar-refractivity contribution < 1.29 is 13.2 Å². The Hall–Kier alpha value is -0.590. The predicted molar refractivity (Wildman–Crippen MR) is 78.6 cm³/mol. The van der Waals surface area contributed by atoms with Gasteiger partial charge in [0.2, 0.25) is 0 Å². The zero-order valence-corrected chi connectivity index (χ0v) is 13.2. The maximum absolute atomic E-state index is 12.0. The molecule has 0 aromatic carbocycles. The van der Waals surface area contributed by atoms with Gasteiger partial charge in [0.1, 0.15) is 4.21 Å². The predicted octanol–water partition coefficient (Wildman–Crippen LogP) is 2.84. The molecule has 2 aliphatic rings. The maximum atomic E-state index is 12.0. The van der Waals surface area contributed by atoms with Crippen molar-refractivity contribution in [3.63, 3.8) is 0 Å². The molecule has 2 fully saturated rings. The van der Waals surface area contributed by atoms with Gasteiger partial charge in [-0.2, -0.15) is 0 Å². The van der Waals surface area contributed by atoms with E-state index < -0.39 is 9.05 Å². The summed E-state index contributed by atoms with van der Waals surface area (Å²) >= 11 is 0.974. The Labute approximate surface area is 126 Å². The van der Waals surface area contributed by atoms with E-state index in [0.29, 0.717) is 18.0 Å². The first kappa shape index (κ1) is 14.4. The van der Waals surface area contributed by atoms with Gasteiger partial charge in [-0.25, -0.2) is 8.42 Å². The minimum absolute atomic E-state index is 0.0178. The summed E-state index contributed by atoms with van der Waals surface area (Å²) in [5, 5.41) is 4.45. The second-order valence-corrected chi connectivity index (χ2v) is 9.44. The van der Waals surface area contributed by atoms with Crippen molar-refractivity contribution in [2.24, 2.45) is 17.8 Å². The van der Waals surface area contributed by atoms with Gasteiger partial charge in [0, 0.05) is 22.6 Å². The summed E-state index contributed by atoms with van der Waals surface area (Å²) in [6.45, 7) is 0.693. The number of hydrogen-bond donors (Lipinski definition) is 1. The van der Waals surface area contributed by atoms with Gasteiger partial charge >= 0.3 is 0 Å². The minimum atomic E-state index is -3.74. The molecule has 7 heteroatoms. The highest BCUT2D eigenvalue weighted by Crippen LogP contribution is 2.47. The lowest BCUT2D eigenvalue weighted by molar-refractivity contribution is 0.0942. The van der Waals surface area contributed by atoms with Crippen LogP contribution in [-0.2, 0) is 9.05 Å². The topological polar surface area (TPSA) is 63.2 Å². The van der Waals surface area contributed by atoms with Gasteiger partial charge in [0.25, 0.3) is 15.0 Å². The van der Waals surface area contributed by atoms with E-state index in [1.54, 1.807) is 0 Å². The summed E-state index contributed by atoms with van der Waals surface area (Å²) in [6, 6.07) is 1.34. The van der Waals surface area contributed by atoms with E-state index in [9.17, 15) is 13.2 Å². The standard InChI is InChI=1S/C13H16ClNO3S2/c14-20(17,18)12-5-11(7-19-12)13(16)15-6-10-4-8-1-2-9(10)3-8/h5,7-10H,1-4,6H2,(H,15,16). The Morgan fingerprint density at radius 1 is 1.40 bits per heavy atom. The number of nitrogens with one attached hydrogen (secondary N) is 1. The number of carbonyl (C=O) groups excluding carboxylic acids is 1. The first-order valence-corrected chi connectivity index (χ1v) is 9.94. The number of thiophene rings is 1. The number of hydrogen-bond acceptors (Lipinski definition) is 4. The van der Waals surface area contributed by atoms with Crippen LogP contribution in [0.5, 0.6) is 0 Å². The van der Waals surface area contributed by atoms with E-state index in [1.165, 1.54) is 37.1 Å². The highest BCUT2D eigenvalue weighted by Gasteiger charge is 2.39. The Balaban J connectivity index is 1.58. The van der Waals surface area contributed by atoms with E-state index in [-0.39, 0.29) is 10.1 Å². The van der Waals surface area contributed by atoms with Crippen LogP contribution in [0.15, 0.2) is 15.7 Å². The summed E-state index contributed by atoms with van der Waals surface area (Å²) in [6.07, 6.45) is 5.17. The Kier molecular flexibility index (Phi) is 3.81. The number of halogens is 1. The maximum Gasteiger partial charge on any atom is 0.270 e. The van der Waals surface area contributed by atoms with E-state index >= 15 is 0 Å². The fraction of sp³-hybridized carbons (Fsp3) is 0.615. The van der Waals surface area contributed by atoms with Crippen LogP contribution in [-0.4, -0.2) is 20.9 Å². The molecule has 3 unspecified atom stereocenters. The van der Waals surface area contributed by atoms with Crippen LogP contribution >= 0.6 is 22.0 Å². The van der Waals surface area contributed by atoms with Crippen molar-refractivity contribution in [1.29, 1.82) is 0 Å². The molecule has 0 aliphatic heterocycles. The fourth-order valence-corrected chi connectivity index (χ4v) is 5.46. The van der Waals surface area contributed by atoms with Gasteiger partial charge in [0.05, 0.1) is 5.56 Å². The van der Waals surface area contributed by atoms with E-state index in [1.807, 2.05) is 0 Å². The zero-order valence-electron chi connectivity index (χ0n) is 10.8. The number of fused-ring (bicyclic) bond motifs is 2. The third-order valence-electron chi connectivity index (χ3n) is 4.49. The molecular formula is C13H16ClNO3S2. The molecule has 3 atom stereocenters. The lowest BCUT2D eigenvalue weighted by Crippen LogP contribution is -2.31. The molecule has 1 aromatic heterocycles. The average molecular weight is 334 g/mol. The largest absolute Gasteiger partial charge is 0.352 e. The van der Waals surface area contributed by atoms with Gasteiger partial charge in [-0.05, 0) is 43.1 Å². The highest BCUT2D eigenvalue weighted by atomic mass is 35.7. The summed E-state index contributed by atoms with van der Waals surface area (Å²) in [4.78, 5) is 12.0. The van der Waals surface area contributed by atoms with Crippen LogP contribution in [0.2, 0.25) is 0 Å². The first-order valence-electron chi connectivity index (χ1n) is 6.75. The van der Waals surface area contributed by atoms with Crippen LogP contribution < -0.4 is 5.32 Å².